The van der Waals surface area contributed by atoms with E-state index in [1.165, 1.54) is 31.0 Å². The van der Waals surface area contributed by atoms with Gasteiger partial charge in [0.05, 0.1) is 5.69 Å². The van der Waals surface area contributed by atoms with Crippen molar-refractivity contribution < 1.29 is 14.3 Å². The Hall–Kier alpha value is -3.16. The van der Waals surface area contributed by atoms with Crippen LogP contribution < -0.4 is 15.5 Å². The van der Waals surface area contributed by atoms with Crippen molar-refractivity contribution >= 4 is 23.6 Å². The molecule has 1 saturated carbocycles. The smallest absolute Gasteiger partial charge is 0.303 e. The van der Waals surface area contributed by atoms with Gasteiger partial charge in [-0.25, -0.2) is 4.98 Å². The van der Waals surface area contributed by atoms with Crippen LogP contribution in [0.25, 0.3) is 0 Å². The summed E-state index contributed by atoms with van der Waals surface area (Å²) in [5.41, 5.74) is 3.13. The third-order valence-corrected chi connectivity index (χ3v) is 6.62. The van der Waals surface area contributed by atoms with Gasteiger partial charge >= 0.3 is 5.97 Å². The van der Waals surface area contributed by atoms with Crippen LogP contribution in [-0.4, -0.2) is 48.0 Å². The fraction of sp³-hybridized carbons (Fsp3) is 0.538. The van der Waals surface area contributed by atoms with Crippen LogP contribution in [0.1, 0.15) is 68.4 Å². The Bertz CT molecular complexity index is 1000. The van der Waals surface area contributed by atoms with Crippen LogP contribution in [0, 0.1) is 0 Å². The van der Waals surface area contributed by atoms with Gasteiger partial charge in [-0.15, -0.1) is 0 Å². The number of hydrogen-bond acceptors (Lipinski definition) is 7. The van der Waals surface area contributed by atoms with Crippen LogP contribution in [-0.2, 0) is 27.2 Å². The Morgan fingerprint density at radius 2 is 1.68 bits per heavy atom. The molecule has 4 rings (SSSR count). The maximum absolute atomic E-state index is 12.9. The summed E-state index contributed by atoms with van der Waals surface area (Å²) in [6, 6.07) is 9.45. The maximum Gasteiger partial charge on any atom is 0.303 e. The Morgan fingerprint density at radius 1 is 1.00 bits per heavy atom. The SMILES string of the molecule is CC(=O)OC(C(=O)N[C@H]1CC[C@@H](Nc2nc3c(c(N(C)C)n2)CCCC3)CC1)c1ccccc1. The normalized spacial score (nSPS) is 20.6. The molecule has 1 aromatic carbocycles. The molecule has 8 nitrogen and oxygen atoms in total. The zero-order valence-electron chi connectivity index (χ0n) is 20.3. The first-order chi connectivity index (χ1) is 16.4. The first-order valence-corrected chi connectivity index (χ1v) is 12.3. The highest BCUT2D eigenvalue weighted by Crippen LogP contribution is 2.29. The predicted molar refractivity (Wildman–Crippen MR) is 132 cm³/mol. The summed E-state index contributed by atoms with van der Waals surface area (Å²) in [4.78, 5) is 36.2. The standard InChI is InChI=1S/C26H35N5O3/c1-17(32)34-23(18-9-5-4-6-10-18)25(33)27-19-13-15-20(16-14-19)28-26-29-22-12-8-7-11-21(22)24(30-26)31(2)3/h4-6,9-10,19-20,23H,7-8,11-16H2,1-3H3,(H,27,33)(H,28,29,30)/t19-,20+,23?. The number of benzene rings is 1. The van der Waals surface area contributed by atoms with E-state index in [2.05, 4.69) is 15.5 Å². The number of nitrogens with zero attached hydrogens (tertiary/aromatic N) is 3. The summed E-state index contributed by atoms with van der Waals surface area (Å²) >= 11 is 0. The molecule has 8 heteroatoms. The quantitative estimate of drug-likeness (QED) is 0.604. The van der Waals surface area contributed by atoms with Crippen LogP contribution in [0.4, 0.5) is 11.8 Å². The predicted octanol–water partition coefficient (Wildman–Crippen LogP) is 3.57. The number of nitrogens with one attached hydrogen (secondary N) is 2. The average molecular weight is 466 g/mol. The number of ether oxygens (including phenoxy) is 1. The Kier molecular flexibility index (Phi) is 7.65. The van der Waals surface area contributed by atoms with E-state index in [0.717, 1.165) is 44.3 Å². The molecular weight excluding hydrogens is 430 g/mol. The number of rotatable bonds is 7. The molecule has 1 aromatic heterocycles. The monoisotopic (exact) mass is 465 g/mol. The van der Waals surface area contributed by atoms with Crippen molar-refractivity contribution in [3.8, 4) is 0 Å². The lowest BCUT2D eigenvalue weighted by molar-refractivity contribution is -0.154. The van der Waals surface area contributed by atoms with Gasteiger partial charge in [0.25, 0.3) is 5.91 Å². The molecule has 1 amide bonds. The second-order valence-corrected chi connectivity index (χ2v) is 9.50. The van der Waals surface area contributed by atoms with Crippen LogP contribution in [0.3, 0.4) is 0 Å². The van der Waals surface area contributed by atoms with Crippen molar-refractivity contribution in [2.75, 3.05) is 24.3 Å². The lowest BCUT2D eigenvalue weighted by atomic mass is 9.91. The number of aromatic nitrogens is 2. The van der Waals surface area contributed by atoms with Crippen molar-refractivity contribution in [3.05, 3.63) is 47.2 Å². The van der Waals surface area contributed by atoms with Crippen LogP contribution in [0.5, 0.6) is 0 Å². The lowest BCUT2D eigenvalue weighted by Gasteiger charge is -2.31. The molecule has 0 saturated heterocycles. The van der Waals surface area contributed by atoms with Gasteiger partial charge in [0, 0.05) is 44.2 Å². The molecule has 1 heterocycles. The molecule has 0 spiro atoms. The molecular formula is C26H35N5O3. The van der Waals surface area contributed by atoms with Crippen molar-refractivity contribution in [2.45, 2.75) is 76.5 Å². The molecule has 1 atom stereocenters. The zero-order chi connectivity index (χ0) is 24.1. The highest BCUT2D eigenvalue weighted by atomic mass is 16.5. The number of carbonyl (C=O) groups is 2. The Morgan fingerprint density at radius 3 is 2.35 bits per heavy atom. The van der Waals surface area contributed by atoms with Gasteiger partial charge in [-0.1, -0.05) is 30.3 Å². The molecule has 0 radical (unpaired) electrons. The van der Waals surface area contributed by atoms with Gasteiger partial charge < -0.3 is 20.3 Å². The van der Waals surface area contributed by atoms with Gasteiger partial charge in [-0.2, -0.15) is 4.98 Å². The van der Waals surface area contributed by atoms with Gasteiger partial charge in [0.15, 0.2) is 0 Å². The van der Waals surface area contributed by atoms with Gasteiger partial charge in [0.2, 0.25) is 12.1 Å². The first kappa shape index (κ1) is 24.0. The molecule has 2 aliphatic rings. The summed E-state index contributed by atoms with van der Waals surface area (Å²) in [5.74, 6) is 0.979. The van der Waals surface area contributed by atoms with Gasteiger partial charge in [-0.05, 0) is 51.4 Å². The summed E-state index contributed by atoms with van der Waals surface area (Å²) in [6.07, 6.45) is 7.01. The Balaban J connectivity index is 1.35. The molecule has 1 fully saturated rings. The van der Waals surface area contributed by atoms with E-state index in [0.29, 0.717) is 11.5 Å². The summed E-state index contributed by atoms with van der Waals surface area (Å²) in [5, 5.41) is 6.63. The Labute approximate surface area is 201 Å². The zero-order valence-corrected chi connectivity index (χ0v) is 20.3. The lowest BCUT2D eigenvalue weighted by Crippen LogP contribution is -2.43. The highest BCUT2D eigenvalue weighted by Gasteiger charge is 2.29. The summed E-state index contributed by atoms with van der Waals surface area (Å²) < 4.78 is 5.33. The fourth-order valence-electron chi connectivity index (χ4n) is 4.92. The molecule has 34 heavy (non-hydrogen) atoms. The fourth-order valence-corrected chi connectivity index (χ4v) is 4.92. The van der Waals surface area contributed by atoms with Crippen molar-refractivity contribution in [2.24, 2.45) is 0 Å². The third-order valence-electron chi connectivity index (χ3n) is 6.62. The topological polar surface area (TPSA) is 96.5 Å². The minimum absolute atomic E-state index is 0.0501. The van der Waals surface area contributed by atoms with Gasteiger partial charge in [-0.3, -0.25) is 9.59 Å². The van der Waals surface area contributed by atoms with E-state index in [1.54, 1.807) is 12.1 Å². The molecule has 0 bridgehead atoms. The number of aryl methyl sites for hydroxylation is 1. The number of anilines is 2. The van der Waals surface area contributed by atoms with E-state index >= 15 is 0 Å². The molecule has 182 valence electrons. The second kappa shape index (κ2) is 10.8. The number of carbonyl (C=O) groups excluding carboxylic acids is 2. The molecule has 2 aliphatic carbocycles. The van der Waals surface area contributed by atoms with Crippen molar-refractivity contribution in [1.29, 1.82) is 0 Å². The molecule has 1 unspecified atom stereocenters. The van der Waals surface area contributed by atoms with Crippen molar-refractivity contribution in [1.82, 2.24) is 15.3 Å². The average Bonchev–Trinajstić information content (AvgIpc) is 2.83. The van der Waals surface area contributed by atoms with Crippen molar-refractivity contribution in [3.63, 3.8) is 0 Å². The first-order valence-electron chi connectivity index (χ1n) is 12.3. The number of hydrogen-bond donors (Lipinski definition) is 2. The molecule has 0 aliphatic heterocycles. The van der Waals surface area contributed by atoms with Crippen LogP contribution in [0.15, 0.2) is 30.3 Å². The van der Waals surface area contributed by atoms with E-state index in [9.17, 15) is 9.59 Å². The van der Waals surface area contributed by atoms with Crippen LogP contribution >= 0.6 is 0 Å². The van der Waals surface area contributed by atoms with E-state index in [1.807, 2.05) is 32.3 Å². The third kappa shape index (κ3) is 5.85. The number of esters is 1. The number of fused-ring (bicyclic) bond motifs is 1. The molecule has 2 aromatic rings. The van der Waals surface area contributed by atoms with Gasteiger partial charge in [0.1, 0.15) is 5.82 Å². The van der Waals surface area contributed by atoms with Crippen LogP contribution in [0.2, 0.25) is 0 Å². The minimum Gasteiger partial charge on any atom is -0.447 e. The maximum atomic E-state index is 12.9. The minimum atomic E-state index is -0.928. The molecule has 2 N–H and O–H groups in total. The summed E-state index contributed by atoms with van der Waals surface area (Å²) in [7, 11) is 4.07. The second-order valence-electron chi connectivity index (χ2n) is 9.50. The largest absolute Gasteiger partial charge is 0.447 e. The van der Waals surface area contributed by atoms with E-state index < -0.39 is 12.1 Å². The number of amides is 1. The highest BCUT2D eigenvalue weighted by molar-refractivity contribution is 5.84. The van der Waals surface area contributed by atoms with E-state index in [4.69, 9.17) is 14.7 Å². The van der Waals surface area contributed by atoms with E-state index in [-0.39, 0.29) is 18.0 Å². The summed E-state index contributed by atoms with van der Waals surface area (Å²) in [6.45, 7) is 1.32.